The average Bonchev–Trinajstić information content (AvgIpc) is 2.41. The second-order valence-electron chi connectivity index (χ2n) is 4.66. The zero-order valence-corrected chi connectivity index (χ0v) is 9.75. The van der Waals surface area contributed by atoms with E-state index >= 15 is 0 Å². The van der Waals surface area contributed by atoms with E-state index in [1.165, 1.54) is 43.2 Å². The molecule has 0 unspecified atom stereocenters. The Morgan fingerprint density at radius 2 is 1.73 bits per heavy atom. The summed E-state index contributed by atoms with van der Waals surface area (Å²) in [5.74, 6) is 1.03. The van der Waals surface area contributed by atoms with Crippen molar-refractivity contribution in [2.75, 3.05) is 0 Å². The Labute approximate surface area is 92.5 Å². The van der Waals surface area contributed by atoms with E-state index in [-0.39, 0.29) is 6.10 Å². The number of benzene rings is 1. The van der Waals surface area contributed by atoms with Crippen molar-refractivity contribution in [3.05, 3.63) is 29.3 Å². The van der Waals surface area contributed by atoms with Crippen LogP contribution in [-0.2, 0) is 12.8 Å². The molecule has 15 heavy (non-hydrogen) atoms. The van der Waals surface area contributed by atoms with Crippen LogP contribution in [0.2, 0.25) is 0 Å². The van der Waals surface area contributed by atoms with Gasteiger partial charge in [-0.2, -0.15) is 0 Å². The minimum atomic E-state index is 0.272. The number of ether oxygens (including phenoxy) is 1. The van der Waals surface area contributed by atoms with Gasteiger partial charge in [0.1, 0.15) is 5.75 Å². The first kappa shape index (κ1) is 10.5. The third-order valence-electron chi connectivity index (χ3n) is 2.94. The van der Waals surface area contributed by atoms with E-state index in [9.17, 15) is 0 Å². The Kier molecular flexibility index (Phi) is 3.30. The van der Waals surface area contributed by atoms with Crippen molar-refractivity contribution in [1.82, 2.24) is 0 Å². The molecular formula is C14H20O. The van der Waals surface area contributed by atoms with Crippen molar-refractivity contribution in [2.45, 2.75) is 52.1 Å². The maximum atomic E-state index is 5.72. The van der Waals surface area contributed by atoms with Gasteiger partial charge in [-0.25, -0.2) is 0 Å². The van der Waals surface area contributed by atoms with E-state index in [2.05, 4.69) is 32.0 Å². The Morgan fingerprint density at radius 1 is 1.00 bits per heavy atom. The molecule has 0 aliphatic heterocycles. The molecule has 0 atom stereocenters. The first-order chi connectivity index (χ1) is 7.25. The maximum absolute atomic E-state index is 5.72. The number of fused-ring (bicyclic) bond motifs is 1. The van der Waals surface area contributed by atoms with Crippen molar-refractivity contribution in [3.63, 3.8) is 0 Å². The van der Waals surface area contributed by atoms with Crippen LogP contribution in [0.3, 0.4) is 0 Å². The predicted octanol–water partition coefficient (Wildman–Crippen LogP) is 3.74. The molecule has 2 rings (SSSR count). The topological polar surface area (TPSA) is 9.23 Å². The Balaban J connectivity index is 2.20. The highest BCUT2D eigenvalue weighted by Crippen LogP contribution is 2.25. The lowest BCUT2D eigenvalue weighted by atomic mass is 10.0. The summed E-state index contributed by atoms with van der Waals surface area (Å²) in [4.78, 5) is 0. The summed E-state index contributed by atoms with van der Waals surface area (Å²) < 4.78 is 5.72. The zero-order chi connectivity index (χ0) is 10.7. The largest absolute Gasteiger partial charge is 0.491 e. The molecule has 1 aromatic rings. The summed E-state index contributed by atoms with van der Waals surface area (Å²) in [5.41, 5.74) is 3.04. The first-order valence-electron chi connectivity index (χ1n) is 6.04. The number of aryl methyl sites for hydroxylation is 2. The van der Waals surface area contributed by atoms with Gasteiger partial charge in [0.15, 0.2) is 0 Å². The van der Waals surface area contributed by atoms with Crippen molar-refractivity contribution in [2.24, 2.45) is 0 Å². The molecule has 0 heterocycles. The lowest BCUT2D eigenvalue weighted by Crippen LogP contribution is -2.06. The monoisotopic (exact) mass is 204 g/mol. The summed E-state index contributed by atoms with van der Waals surface area (Å²) >= 11 is 0. The van der Waals surface area contributed by atoms with Gasteiger partial charge in [-0.3, -0.25) is 0 Å². The molecule has 0 saturated heterocycles. The third kappa shape index (κ3) is 2.74. The Bertz CT molecular complexity index is 328. The highest BCUT2D eigenvalue weighted by Gasteiger charge is 2.09. The first-order valence-corrected chi connectivity index (χ1v) is 6.04. The molecule has 0 spiro atoms. The fourth-order valence-electron chi connectivity index (χ4n) is 2.23. The Morgan fingerprint density at radius 3 is 2.47 bits per heavy atom. The smallest absolute Gasteiger partial charge is 0.119 e. The van der Waals surface area contributed by atoms with Gasteiger partial charge in [0, 0.05) is 0 Å². The lowest BCUT2D eigenvalue weighted by Gasteiger charge is -2.12. The standard InChI is InChI=1S/C14H20O/c1-11(2)15-14-9-8-12-6-4-3-5-7-13(12)10-14/h8-11H,3-7H2,1-2H3. The molecule has 0 aromatic heterocycles. The number of hydrogen-bond acceptors (Lipinski definition) is 1. The van der Waals surface area contributed by atoms with Gasteiger partial charge in [0.2, 0.25) is 0 Å². The van der Waals surface area contributed by atoms with Gasteiger partial charge in [-0.05, 0) is 62.8 Å². The van der Waals surface area contributed by atoms with Crippen LogP contribution in [0.4, 0.5) is 0 Å². The molecule has 0 saturated carbocycles. The van der Waals surface area contributed by atoms with Gasteiger partial charge < -0.3 is 4.74 Å². The van der Waals surface area contributed by atoms with Gasteiger partial charge in [0.05, 0.1) is 6.10 Å². The molecule has 1 aliphatic carbocycles. The molecule has 0 amide bonds. The summed E-state index contributed by atoms with van der Waals surface area (Å²) in [7, 11) is 0. The van der Waals surface area contributed by atoms with Gasteiger partial charge in [-0.1, -0.05) is 12.5 Å². The summed E-state index contributed by atoms with van der Waals surface area (Å²) in [5, 5.41) is 0. The van der Waals surface area contributed by atoms with Gasteiger partial charge >= 0.3 is 0 Å². The molecule has 82 valence electrons. The van der Waals surface area contributed by atoms with Crippen LogP contribution in [0.25, 0.3) is 0 Å². The van der Waals surface area contributed by atoms with Crippen LogP contribution in [0.1, 0.15) is 44.2 Å². The van der Waals surface area contributed by atoms with Crippen LogP contribution in [0.15, 0.2) is 18.2 Å². The molecule has 1 aliphatic rings. The highest BCUT2D eigenvalue weighted by molar-refractivity contribution is 5.36. The second kappa shape index (κ2) is 4.69. The summed E-state index contributed by atoms with van der Waals surface area (Å²) in [6.07, 6.45) is 6.79. The zero-order valence-electron chi connectivity index (χ0n) is 9.75. The molecule has 0 N–H and O–H groups in total. The maximum Gasteiger partial charge on any atom is 0.119 e. The lowest BCUT2D eigenvalue weighted by molar-refractivity contribution is 0.242. The van der Waals surface area contributed by atoms with E-state index in [0.29, 0.717) is 0 Å². The average molecular weight is 204 g/mol. The normalized spacial score (nSPS) is 15.9. The van der Waals surface area contributed by atoms with Crippen LogP contribution in [0.5, 0.6) is 5.75 Å². The van der Waals surface area contributed by atoms with Gasteiger partial charge in [-0.15, -0.1) is 0 Å². The molecule has 1 heteroatoms. The molecular weight excluding hydrogens is 184 g/mol. The van der Waals surface area contributed by atoms with Crippen LogP contribution >= 0.6 is 0 Å². The molecule has 1 aromatic carbocycles. The van der Waals surface area contributed by atoms with E-state index in [0.717, 1.165) is 5.75 Å². The van der Waals surface area contributed by atoms with Crippen molar-refractivity contribution >= 4 is 0 Å². The third-order valence-corrected chi connectivity index (χ3v) is 2.94. The minimum absolute atomic E-state index is 0.272. The van der Waals surface area contributed by atoms with Crippen molar-refractivity contribution in [1.29, 1.82) is 0 Å². The van der Waals surface area contributed by atoms with Gasteiger partial charge in [0.25, 0.3) is 0 Å². The van der Waals surface area contributed by atoms with Crippen LogP contribution < -0.4 is 4.74 Å². The number of hydrogen-bond donors (Lipinski definition) is 0. The molecule has 0 bridgehead atoms. The van der Waals surface area contributed by atoms with Crippen LogP contribution in [-0.4, -0.2) is 6.10 Å². The fourth-order valence-corrected chi connectivity index (χ4v) is 2.23. The van der Waals surface area contributed by atoms with Crippen LogP contribution in [0, 0.1) is 0 Å². The number of rotatable bonds is 2. The van der Waals surface area contributed by atoms with E-state index in [1.54, 1.807) is 0 Å². The second-order valence-corrected chi connectivity index (χ2v) is 4.66. The minimum Gasteiger partial charge on any atom is -0.491 e. The fraction of sp³-hybridized carbons (Fsp3) is 0.571. The predicted molar refractivity (Wildman–Crippen MR) is 63.5 cm³/mol. The van der Waals surface area contributed by atoms with E-state index in [4.69, 9.17) is 4.74 Å². The summed E-state index contributed by atoms with van der Waals surface area (Å²) in [6.45, 7) is 4.15. The molecule has 1 nitrogen and oxygen atoms in total. The quantitative estimate of drug-likeness (QED) is 0.667. The van der Waals surface area contributed by atoms with Crippen molar-refractivity contribution < 1.29 is 4.74 Å². The van der Waals surface area contributed by atoms with E-state index in [1.807, 2.05) is 0 Å². The summed E-state index contributed by atoms with van der Waals surface area (Å²) in [6, 6.07) is 6.60. The highest BCUT2D eigenvalue weighted by atomic mass is 16.5. The Hall–Kier alpha value is -0.980. The SMILES string of the molecule is CC(C)Oc1ccc2c(c1)CCCCC2. The van der Waals surface area contributed by atoms with Crippen molar-refractivity contribution in [3.8, 4) is 5.75 Å². The molecule has 0 fully saturated rings. The molecule has 0 radical (unpaired) electrons. The van der Waals surface area contributed by atoms with E-state index < -0.39 is 0 Å².